The van der Waals surface area contributed by atoms with E-state index < -0.39 is 83.9 Å². The number of aromatic hydroxyl groups is 1. The summed E-state index contributed by atoms with van der Waals surface area (Å²) in [6.07, 6.45) is -6.92. The zero-order valence-electron chi connectivity index (χ0n) is 32.2. The van der Waals surface area contributed by atoms with Gasteiger partial charge in [-0.1, -0.05) is 0 Å². The maximum absolute atomic E-state index is 13.2. The van der Waals surface area contributed by atoms with Crippen LogP contribution in [0.5, 0.6) is 17.2 Å². The minimum Gasteiger partial charge on any atom is -0.506 e. The van der Waals surface area contributed by atoms with Gasteiger partial charge in [-0.2, -0.15) is 0 Å². The highest BCUT2D eigenvalue weighted by atomic mass is 16.9. The lowest BCUT2D eigenvalue weighted by Crippen LogP contribution is -2.70. The zero-order chi connectivity index (χ0) is 39.2. The highest BCUT2D eigenvalue weighted by Crippen LogP contribution is 2.72. The average molecular weight is 775 g/mol. The molecule has 1 spiro atoms. The van der Waals surface area contributed by atoms with E-state index in [2.05, 4.69) is 0 Å². The van der Waals surface area contributed by atoms with Gasteiger partial charge < -0.3 is 72.5 Å². The third-order valence-corrected chi connectivity index (χ3v) is 12.9. The summed E-state index contributed by atoms with van der Waals surface area (Å²) in [6.45, 7) is 8.46. The summed E-state index contributed by atoms with van der Waals surface area (Å²) < 4.78 is 69.7. The number of carbonyl (C=O) groups is 1. The van der Waals surface area contributed by atoms with Gasteiger partial charge in [-0.25, -0.2) is 0 Å². The monoisotopic (exact) mass is 774 g/mol. The third-order valence-electron chi connectivity index (χ3n) is 12.9. The van der Waals surface area contributed by atoms with E-state index in [-0.39, 0.29) is 42.3 Å². The van der Waals surface area contributed by atoms with Crippen LogP contribution in [-0.4, -0.2) is 132 Å². The van der Waals surface area contributed by atoms with Gasteiger partial charge >= 0.3 is 0 Å². The first-order chi connectivity index (χ1) is 26.0. The first-order valence-electron chi connectivity index (χ1n) is 18.9. The first kappa shape index (κ1) is 37.8. The number of phenols is 1. The van der Waals surface area contributed by atoms with Gasteiger partial charge in [0, 0.05) is 50.0 Å². The standard InChI is InChI=1S/C39H50O16/c1-16-12-20-26(27(41)25-19(28(20)45-6)10-9-11-21(25)40)29-24(16)30-33-38(47-8,53-29)37(15-48-37)39(54-30,55-33)34(46-7)52-23-14-36(5,44)32(18(3)50-23)51-22-13-35(4,43)31(42)17(2)49-22/h12,17-18,22-23,30-34,41-44H,9-11,13-15H2,1-8H3/t17?,18?,22?,23?,30?,31?,32?,33?,34?,35?,36?,37-,38+,39?/m0/s1. The molecule has 6 heterocycles. The molecule has 16 heteroatoms. The number of hydrogen-bond acceptors (Lipinski definition) is 16. The van der Waals surface area contributed by atoms with E-state index in [0.29, 0.717) is 46.9 Å². The van der Waals surface area contributed by atoms with Gasteiger partial charge in [-0.3, -0.25) is 4.79 Å². The van der Waals surface area contributed by atoms with Crippen LogP contribution in [0.15, 0.2) is 6.07 Å². The zero-order valence-corrected chi connectivity index (χ0v) is 32.2. The second-order valence-corrected chi connectivity index (χ2v) is 16.6. The number of methoxy groups -OCH3 is 3. The molecule has 55 heavy (non-hydrogen) atoms. The van der Waals surface area contributed by atoms with Gasteiger partial charge in [0.25, 0.3) is 11.6 Å². The Labute approximate surface area is 317 Å². The second kappa shape index (κ2) is 12.4. The SMILES string of the molecule is COc1c2c(c(O)c3c4c(c(C)cc13)C1OC3(C(OC)OC5CC(C)(O)C(OC6CC(C)(O)C(O)C(C)O6)C(C)O5)OC1[C@@](OC)(O4)[C@@]31CO1)C(=O)CCC2. The predicted octanol–water partition coefficient (Wildman–Crippen LogP) is 2.56. The number of fused-ring (bicyclic) bond motifs is 8. The fourth-order valence-corrected chi connectivity index (χ4v) is 10.3. The molecule has 14 atom stereocenters. The van der Waals surface area contributed by atoms with Crippen molar-refractivity contribution < 1.29 is 77.3 Å². The molecule has 9 rings (SSSR count). The maximum Gasteiger partial charge on any atom is 0.277 e. The molecule has 0 aromatic heterocycles. The van der Waals surface area contributed by atoms with E-state index in [1.54, 1.807) is 27.9 Å². The number of epoxide rings is 1. The number of ether oxygens (including phenoxy) is 11. The Kier molecular flexibility index (Phi) is 8.53. The fraction of sp³-hybridized carbons (Fsp3) is 0.718. The van der Waals surface area contributed by atoms with E-state index in [9.17, 15) is 25.2 Å². The Hall–Kier alpha value is -2.71. The lowest BCUT2D eigenvalue weighted by molar-refractivity contribution is -0.396. The number of benzene rings is 2. The van der Waals surface area contributed by atoms with Crippen LogP contribution in [0.25, 0.3) is 10.8 Å². The molecule has 12 unspecified atom stereocenters. The topological polar surface area (TPSA) is 203 Å². The van der Waals surface area contributed by atoms with Crippen LogP contribution in [0.2, 0.25) is 0 Å². The lowest BCUT2D eigenvalue weighted by atomic mass is 9.78. The maximum atomic E-state index is 13.2. The van der Waals surface area contributed by atoms with E-state index in [1.807, 2.05) is 13.0 Å². The number of carbonyl (C=O) groups excluding carboxylic acids is 1. The van der Waals surface area contributed by atoms with Crippen molar-refractivity contribution in [3.05, 3.63) is 28.3 Å². The fourth-order valence-electron chi connectivity index (χ4n) is 10.3. The molecule has 0 saturated carbocycles. The molecule has 16 nitrogen and oxygen atoms in total. The number of aliphatic hydroxyl groups is 3. The molecule has 2 aromatic rings. The number of phenolic OH excluding ortho intramolecular Hbond substituents is 1. The molecule has 7 aliphatic rings. The predicted molar refractivity (Wildman–Crippen MR) is 187 cm³/mol. The van der Waals surface area contributed by atoms with Crippen LogP contribution in [0.4, 0.5) is 0 Å². The first-order valence-corrected chi connectivity index (χ1v) is 18.9. The molecular formula is C39H50O16. The average Bonchev–Trinajstić information content (AvgIpc) is 3.78. The molecule has 5 fully saturated rings. The van der Waals surface area contributed by atoms with Crippen LogP contribution in [-0.2, 0) is 49.1 Å². The van der Waals surface area contributed by atoms with Crippen molar-refractivity contribution in [2.24, 2.45) is 0 Å². The molecule has 6 aliphatic heterocycles. The van der Waals surface area contributed by atoms with E-state index in [4.69, 9.17) is 52.1 Å². The van der Waals surface area contributed by atoms with Crippen molar-refractivity contribution >= 4 is 16.6 Å². The Morgan fingerprint density at radius 1 is 0.982 bits per heavy atom. The lowest BCUT2D eigenvalue weighted by Gasteiger charge is -2.50. The van der Waals surface area contributed by atoms with Crippen molar-refractivity contribution in [2.75, 3.05) is 27.9 Å². The van der Waals surface area contributed by atoms with Gasteiger partial charge in [0.2, 0.25) is 11.9 Å². The van der Waals surface area contributed by atoms with E-state index in [1.165, 1.54) is 21.1 Å². The van der Waals surface area contributed by atoms with Gasteiger partial charge in [0.1, 0.15) is 35.6 Å². The molecule has 4 N–H and O–H groups in total. The summed E-state index contributed by atoms with van der Waals surface area (Å²) in [4.78, 5) is 13.2. The number of aryl methyl sites for hydroxylation is 1. The van der Waals surface area contributed by atoms with Crippen LogP contribution in [0, 0.1) is 6.92 Å². The molecular weight excluding hydrogens is 724 g/mol. The summed E-state index contributed by atoms with van der Waals surface area (Å²) in [6, 6.07) is 1.89. The van der Waals surface area contributed by atoms with Crippen molar-refractivity contribution in [1.29, 1.82) is 0 Å². The van der Waals surface area contributed by atoms with Crippen LogP contribution in [0.1, 0.15) is 86.5 Å². The number of ketones is 1. The van der Waals surface area contributed by atoms with Crippen molar-refractivity contribution in [1.82, 2.24) is 0 Å². The van der Waals surface area contributed by atoms with Crippen LogP contribution >= 0.6 is 0 Å². The molecule has 1 aliphatic carbocycles. The van der Waals surface area contributed by atoms with Gasteiger partial charge in [-0.15, -0.1) is 0 Å². The molecule has 302 valence electrons. The van der Waals surface area contributed by atoms with Crippen LogP contribution in [0.3, 0.4) is 0 Å². The summed E-state index contributed by atoms with van der Waals surface area (Å²) in [5.74, 6) is -2.93. The van der Waals surface area contributed by atoms with E-state index in [0.717, 1.165) is 5.56 Å². The minimum absolute atomic E-state index is 0.0136. The quantitative estimate of drug-likeness (QED) is 0.225. The van der Waals surface area contributed by atoms with E-state index >= 15 is 0 Å². The number of rotatable bonds is 8. The number of aliphatic hydroxyl groups excluding tert-OH is 1. The molecule has 5 saturated heterocycles. The highest BCUT2D eigenvalue weighted by Gasteiger charge is 2.93. The van der Waals surface area contributed by atoms with Crippen molar-refractivity contribution in [2.45, 2.75) is 151 Å². The summed E-state index contributed by atoms with van der Waals surface area (Å²) in [5, 5.41) is 45.6. The number of Topliss-reactive ketones (excluding diaryl/α,β-unsaturated/α-hetero) is 1. The number of hydrogen-bond donors (Lipinski definition) is 4. The van der Waals surface area contributed by atoms with Crippen molar-refractivity contribution in [3.8, 4) is 17.2 Å². The summed E-state index contributed by atoms with van der Waals surface area (Å²) >= 11 is 0. The Morgan fingerprint density at radius 3 is 2.33 bits per heavy atom. The molecule has 2 aromatic carbocycles. The molecule has 0 radical (unpaired) electrons. The summed E-state index contributed by atoms with van der Waals surface area (Å²) in [7, 11) is 4.46. The molecule has 0 amide bonds. The van der Waals surface area contributed by atoms with Crippen molar-refractivity contribution in [3.63, 3.8) is 0 Å². The van der Waals surface area contributed by atoms with Crippen LogP contribution < -0.4 is 9.47 Å². The minimum atomic E-state index is -1.75. The third kappa shape index (κ3) is 4.97. The largest absolute Gasteiger partial charge is 0.506 e. The Bertz CT molecular complexity index is 1930. The normalized spacial score (nSPS) is 44.7. The molecule has 2 bridgehead atoms. The summed E-state index contributed by atoms with van der Waals surface area (Å²) in [5.41, 5.74) is -2.12. The Balaban J connectivity index is 1.04. The second-order valence-electron chi connectivity index (χ2n) is 16.6. The highest BCUT2D eigenvalue weighted by molar-refractivity contribution is 6.11. The smallest absolute Gasteiger partial charge is 0.277 e. The van der Waals surface area contributed by atoms with Gasteiger partial charge in [0.05, 0.1) is 48.1 Å². The Morgan fingerprint density at radius 2 is 1.69 bits per heavy atom. The van der Waals surface area contributed by atoms with Gasteiger partial charge in [-0.05, 0) is 59.1 Å². The van der Waals surface area contributed by atoms with Gasteiger partial charge in [0.15, 0.2) is 24.5 Å².